The number of guanidine groups is 1. The molecule has 1 aromatic heterocycles. The Morgan fingerprint density at radius 2 is 1.77 bits per heavy atom. The first-order chi connectivity index (χ1) is 12.7. The van der Waals surface area contributed by atoms with Crippen molar-refractivity contribution in [3.63, 3.8) is 0 Å². The van der Waals surface area contributed by atoms with Gasteiger partial charge >= 0.3 is 0 Å². The predicted molar refractivity (Wildman–Crippen MR) is 100 cm³/mol. The summed E-state index contributed by atoms with van der Waals surface area (Å²) < 4.78 is 12.8. The average molecular weight is 357 g/mol. The van der Waals surface area contributed by atoms with Crippen molar-refractivity contribution >= 4 is 11.9 Å². The second kappa shape index (κ2) is 10.8. The molecule has 1 amide bonds. The van der Waals surface area contributed by atoms with Gasteiger partial charge in [-0.3, -0.25) is 14.8 Å². The molecule has 0 aliphatic carbocycles. The molecule has 0 saturated carbocycles. The zero-order valence-corrected chi connectivity index (χ0v) is 14.8. The van der Waals surface area contributed by atoms with E-state index in [4.69, 9.17) is 0 Å². The van der Waals surface area contributed by atoms with Crippen LogP contribution >= 0.6 is 0 Å². The summed E-state index contributed by atoms with van der Waals surface area (Å²) in [5, 5.41) is 9.16. The number of aromatic nitrogens is 1. The molecule has 0 fully saturated rings. The predicted octanol–water partition coefficient (Wildman–Crippen LogP) is 1.29. The van der Waals surface area contributed by atoms with E-state index < -0.39 is 0 Å². The van der Waals surface area contributed by atoms with Crippen LogP contribution in [0, 0.1) is 5.82 Å². The maximum Gasteiger partial charge on any atom is 0.224 e. The lowest BCUT2D eigenvalue weighted by Gasteiger charge is -2.12. The van der Waals surface area contributed by atoms with E-state index in [1.165, 1.54) is 12.1 Å². The smallest absolute Gasteiger partial charge is 0.224 e. The Morgan fingerprint density at radius 1 is 1.04 bits per heavy atom. The molecule has 1 heterocycles. The van der Waals surface area contributed by atoms with Gasteiger partial charge in [-0.2, -0.15) is 0 Å². The zero-order chi connectivity index (χ0) is 18.6. The first kappa shape index (κ1) is 19.4. The molecule has 138 valence electrons. The van der Waals surface area contributed by atoms with Gasteiger partial charge in [0.15, 0.2) is 5.96 Å². The van der Waals surface area contributed by atoms with Gasteiger partial charge in [0, 0.05) is 45.0 Å². The van der Waals surface area contributed by atoms with Crippen molar-refractivity contribution in [3.8, 4) is 0 Å². The molecule has 26 heavy (non-hydrogen) atoms. The number of pyridine rings is 1. The molecule has 0 unspecified atom stereocenters. The second-order valence-electron chi connectivity index (χ2n) is 5.65. The fraction of sp³-hybridized carbons (Fsp3) is 0.316. The Labute approximate surface area is 152 Å². The number of hydrogen-bond acceptors (Lipinski definition) is 3. The van der Waals surface area contributed by atoms with Crippen molar-refractivity contribution < 1.29 is 9.18 Å². The summed E-state index contributed by atoms with van der Waals surface area (Å²) >= 11 is 0. The largest absolute Gasteiger partial charge is 0.356 e. The first-order valence-corrected chi connectivity index (χ1v) is 8.53. The van der Waals surface area contributed by atoms with E-state index in [-0.39, 0.29) is 18.1 Å². The molecule has 6 nitrogen and oxygen atoms in total. The maximum atomic E-state index is 12.8. The highest BCUT2D eigenvalue weighted by atomic mass is 19.1. The Morgan fingerprint density at radius 3 is 2.46 bits per heavy atom. The van der Waals surface area contributed by atoms with Crippen molar-refractivity contribution in [3.05, 3.63) is 65.7 Å². The van der Waals surface area contributed by atoms with Crippen molar-refractivity contribution in [2.24, 2.45) is 4.99 Å². The maximum absolute atomic E-state index is 12.8. The fourth-order valence-electron chi connectivity index (χ4n) is 2.31. The van der Waals surface area contributed by atoms with Crippen molar-refractivity contribution in [2.45, 2.75) is 12.8 Å². The molecule has 0 spiro atoms. The quantitative estimate of drug-likeness (QED) is 0.378. The summed E-state index contributed by atoms with van der Waals surface area (Å²) in [5.41, 5.74) is 1.80. The highest BCUT2D eigenvalue weighted by Crippen LogP contribution is 2.03. The second-order valence-corrected chi connectivity index (χ2v) is 5.65. The highest BCUT2D eigenvalue weighted by molar-refractivity contribution is 5.80. The van der Waals surface area contributed by atoms with Crippen LogP contribution in [-0.2, 0) is 17.6 Å². The Bertz CT molecular complexity index is 704. The van der Waals surface area contributed by atoms with Crippen LogP contribution in [0.15, 0.2) is 53.7 Å². The molecule has 0 atom stereocenters. The summed E-state index contributed by atoms with van der Waals surface area (Å²) in [5.74, 6) is 0.269. The van der Waals surface area contributed by atoms with Crippen LogP contribution < -0.4 is 16.0 Å². The number of carbonyl (C=O) groups excluding carboxylic acids is 1. The molecule has 0 radical (unpaired) electrons. The molecule has 0 saturated heterocycles. The van der Waals surface area contributed by atoms with E-state index >= 15 is 0 Å². The number of nitrogens with one attached hydrogen (secondary N) is 3. The molecule has 1 aromatic carbocycles. The van der Waals surface area contributed by atoms with Gasteiger partial charge in [0.2, 0.25) is 5.91 Å². The summed E-state index contributed by atoms with van der Waals surface area (Å²) in [6, 6.07) is 11.8. The minimum absolute atomic E-state index is 0.100. The van der Waals surface area contributed by atoms with Crippen LogP contribution in [0.5, 0.6) is 0 Å². The van der Waals surface area contributed by atoms with E-state index in [1.54, 1.807) is 25.4 Å². The Hall–Kier alpha value is -2.96. The Kier molecular flexibility index (Phi) is 8.05. The van der Waals surface area contributed by atoms with Crippen LogP contribution in [0.3, 0.4) is 0 Å². The van der Waals surface area contributed by atoms with Gasteiger partial charge in [0.25, 0.3) is 0 Å². The van der Waals surface area contributed by atoms with Crippen molar-refractivity contribution in [2.75, 3.05) is 26.7 Å². The Balaban J connectivity index is 1.59. The highest BCUT2D eigenvalue weighted by Gasteiger charge is 2.03. The normalized spacial score (nSPS) is 11.1. The van der Waals surface area contributed by atoms with E-state index in [2.05, 4.69) is 25.9 Å². The SMILES string of the molecule is CN=C(NCCNC(=O)Cc1ccc(F)cc1)NCCc1ccccn1. The molecule has 7 heteroatoms. The number of halogens is 1. The lowest BCUT2D eigenvalue weighted by Crippen LogP contribution is -2.42. The minimum Gasteiger partial charge on any atom is -0.356 e. The molecule has 2 rings (SSSR count). The molecule has 2 aromatic rings. The molecular formula is C19H24FN5O. The lowest BCUT2D eigenvalue weighted by molar-refractivity contribution is -0.120. The number of hydrogen-bond donors (Lipinski definition) is 3. The lowest BCUT2D eigenvalue weighted by atomic mass is 10.1. The number of nitrogens with zero attached hydrogens (tertiary/aromatic N) is 2. The topological polar surface area (TPSA) is 78.4 Å². The zero-order valence-electron chi connectivity index (χ0n) is 14.8. The number of aliphatic imine (C=N–C) groups is 1. The first-order valence-electron chi connectivity index (χ1n) is 8.53. The van der Waals surface area contributed by atoms with Gasteiger partial charge in [-0.05, 0) is 29.8 Å². The fourth-order valence-corrected chi connectivity index (χ4v) is 2.31. The summed E-state index contributed by atoms with van der Waals surface area (Å²) in [6.07, 6.45) is 2.81. The van der Waals surface area contributed by atoms with Crippen molar-refractivity contribution in [1.82, 2.24) is 20.9 Å². The third-order valence-electron chi connectivity index (χ3n) is 3.64. The van der Waals surface area contributed by atoms with Gasteiger partial charge in [-0.25, -0.2) is 4.39 Å². The van der Waals surface area contributed by atoms with E-state index in [0.717, 1.165) is 17.7 Å². The monoisotopic (exact) mass is 357 g/mol. The number of amides is 1. The standard InChI is InChI=1S/C19H24FN5O/c1-21-19(24-11-9-17-4-2-3-10-22-17)25-13-12-23-18(26)14-15-5-7-16(20)8-6-15/h2-8,10H,9,11-14H2,1H3,(H,23,26)(H2,21,24,25). The molecule has 0 aliphatic heterocycles. The third kappa shape index (κ3) is 7.29. The van der Waals surface area contributed by atoms with E-state index in [0.29, 0.717) is 25.6 Å². The number of rotatable bonds is 8. The summed E-state index contributed by atoms with van der Waals surface area (Å²) in [7, 11) is 1.70. The van der Waals surface area contributed by atoms with E-state index in [9.17, 15) is 9.18 Å². The van der Waals surface area contributed by atoms with E-state index in [1.807, 2.05) is 18.2 Å². The molecule has 0 bridgehead atoms. The van der Waals surface area contributed by atoms with Crippen LogP contribution in [0.1, 0.15) is 11.3 Å². The van der Waals surface area contributed by atoms with Crippen LogP contribution in [0.25, 0.3) is 0 Å². The van der Waals surface area contributed by atoms with Gasteiger partial charge in [0.05, 0.1) is 6.42 Å². The van der Waals surface area contributed by atoms with Gasteiger partial charge in [-0.1, -0.05) is 18.2 Å². The number of carbonyl (C=O) groups is 1. The van der Waals surface area contributed by atoms with Gasteiger partial charge in [0.1, 0.15) is 5.82 Å². The molecular weight excluding hydrogens is 333 g/mol. The van der Waals surface area contributed by atoms with Crippen LogP contribution in [0.4, 0.5) is 4.39 Å². The number of benzene rings is 1. The van der Waals surface area contributed by atoms with Gasteiger partial charge < -0.3 is 16.0 Å². The third-order valence-corrected chi connectivity index (χ3v) is 3.64. The van der Waals surface area contributed by atoms with Gasteiger partial charge in [-0.15, -0.1) is 0 Å². The van der Waals surface area contributed by atoms with Crippen molar-refractivity contribution in [1.29, 1.82) is 0 Å². The molecule has 3 N–H and O–H groups in total. The van der Waals surface area contributed by atoms with Crippen LogP contribution in [-0.4, -0.2) is 43.5 Å². The summed E-state index contributed by atoms with van der Waals surface area (Å²) in [4.78, 5) is 20.3. The molecule has 0 aliphatic rings. The summed E-state index contributed by atoms with van der Waals surface area (Å²) in [6.45, 7) is 1.74. The van der Waals surface area contributed by atoms with Crippen LogP contribution in [0.2, 0.25) is 0 Å². The average Bonchev–Trinajstić information content (AvgIpc) is 2.66. The minimum atomic E-state index is -0.305.